The predicted molar refractivity (Wildman–Crippen MR) is 85.5 cm³/mol. The molecule has 2 unspecified atom stereocenters. The van der Waals surface area contributed by atoms with Gasteiger partial charge in [0.15, 0.2) is 0 Å². The second kappa shape index (κ2) is 7.45. The largest absolute Gasteiger partial charge is 0.495 e. The summed E-state index contributed by atoms with van der Waals surface area (Å²) >= 11 is 0. The lowest BCUT2D eigenvalue weighted by molar-refractivity contribution is 0.369. The van der Waals surface area contributed by atoms with Crippen molar-refractivity contribution in [2.24, 2.45) is 5.73 Å². The summed E-state index contributed by atoms with van der Waals surface area (Å²) in [5.41, 5.74) is 6.78. The summed E-state index contributed by atoms with van der Waals surface area (Å²) in [5, 5.41) is 0. The molecule has 3 N–H and O–H groups in total. The monoisotopic (exact) mass is 334 g/mol. The van der Waals surface area contributed by atoms with Crippen LogP contribution in [0.25, 0.3) is 0 Å². The third kappa shape index (κ3) is 4.57. The van der Waals surface area contributed by atoms with Crippen molar-refractivity contribution in [1.82, 2.24) is 4.72 Å². The van der Waals surface area contributed by atoms with Crippen LogP contribution in [-0.2, 0) is 10.0 Å². The molecule has 0 aliphatic heterocycles. The lowest BCUT2D eigenvalue weighted by Gasteiger charge is -2.27. The fraction of sp³-hybridized carbons (Fsp3) is 0.571. The molecule has 120 valence electrons. The highest BCUT2D eigenvalue weighted by molar-refractivity contribution is 7.89. The maximum absolute atomic E-state index is 12.5. The van der Waals surface area contributed by atoms with Crippen LogP contribution >= 0.6 is 12.4 Å². The van der Waals surface area contributed by atoms with E-state index in [0.29, 0.717) is 12.2 Å². The standard InChI is InChI=1S/C14H22N2O3S.ClH/c1-10-6-7-13(19-2)14(8-10)20(17,18)16-12-5-3-4-11(15)9-12;/h6-8,11-12,16H,3-5,9,15H2,1-2H3;1H. The van der Waals surface area contributed by atoms with E-state index in [2.05, 4.69) is 4.72 Å². The number of methoxy groups -OCH3 is 1. The zero-order valence-electron chi connectivity index (χ0n) is 12.3. The van der Waals surface area contributed by atoms with Crippen molar-refractivity contribution in [3.8, 4) is 5.75 Å². The molecule has 0 heterocycles. The van der Waals surface area contributed by atoms with Crippen LogP contribution in [0.4, 0.5) is 0 Å². The molecule has 2 rings (SSSR count). The highest BCUT2D eigenvalue weighted by Gasteiger charge is 2.26. The van der Waals surface area contributed by atoms with E-state index in [4.69, 9.17) is 10.5 Å². The zero-order chi connectivity index (χ0) is 14.8. The quantitative estimate of drug-likeness (QED) is 0.882. The highest BCUT2D eigenvalue weighted by atomic mass is 35.5. The molecule has 0 radical (unpaired) electrons. The van der Waals surface area contributed by atoms with E-state index in [0.717, 1.165) is 24.8 Å². The molecule has 1 fully saturated rings. The van der Waals surface area contributed by atoms with E-state index in [1.54, 1.807) is 12.1 Å². The summed E-state index contributed by atoms with van der Waals surface area (Å²) in [5.74, 6) is 0.364. The van der Waals surface area contributed by atoms with E-state index < -0.39 is 10.0 Å². The maximum atomic E-state index is 12.5. The van der Waals surface area contributed by atoms with Crippen molar-refractivity contribution < 1.29 is 13.2 Å². The van der Waals surface area contributed by atoms with E-state index in [9.17, 15) is 8.42 Å². The van der Waals surface area contributed by atoms with Crippen molar-refractivity contribution in [1.29, 1.82) is 0 Å². The minimum absolute atomic E-state index is 0. The molecule has 2 atom stereocenters. The Balaban J connectivity index is 0.00000220. The second-order valence-electron chi connectivity index (χ2n) is 5.40. The Morgan fingerprint density at radius 3 is 2.67 bits per heavy atom. The highest BCUT2D eigenvalue weighted by Crippen LogP contribution is 2.26. The number of hydrogen-bond donors (Lipinski definition) is 2. The molecule has 1 aromatic carbocycles. The Morgan fingerprint density at radius 2 is 2.05 bits per heavy atom. The number of hydrogen-bond acceptors (Lipinski definition) is 4. The fourth-order valence-corrected chi connectivity index (χ4v) is 4.15. The van der Waals surface area contributed by atoms with Crippen LogP contribution in [0.5, 0.6) is 5.75 Å². The van der Waals surface area contributed by atoms with Gasteiger partial charge in [-0.3, -0.25) is 0 Å². The van der Waals surface area contributed by atoms with Gasteiger partial charge >= 0.3 is 0 Å². The molecule has 0 bridgehead atoms. The minimum atomic E-state index is -3.58. The van der Waals surface area contributed by atoms with Crippen molar-refractivity contribution in [2.45, 2.75) is 49.6 Å². The van der Waals surface area contributed by atoms with E-state index in [1.807, 2.05) is 13.0 Å². The average Bonchev–Trinajstić information content (AvgIpc) is 2.38. The van der Waals surface area contributed by atoms with Gasteiger partial charge in [0.2, 0.25) is 10.0 Å². The van der Waals surface area contributed by atoms with Gasteiger partial charge in [-0.2, -0.15) is 0 Å². The Kier molecular flexibility index (Phi) is 6.46. The number of aryl methyl sites for hydroxylation is 1. The number of sulfonamides is 1. The molecule has 1 aromatic rings. The molecule has 1 aliphatic carbocycles. The fourth-order valence-electron chi connectivity index (χ4n) is 2.61. The topological polar surface area (TPSA) is 81.4 Å². The minimum Gasteiger partial charge on any atom is -0.495 e. The number of nitrogens with one attached hydrogen (secondary N) is 1. The summed E-state index contributed by atoms with van der Waals surface area (Å²) < 4.78 is 32.9. The summed E-state index contributed by atoms with van der Waals surface area (Å²) in [6, 6.07) is 5.12. The van der Waals surface area contributed by atoms with Crippen LogP contribution in [0.3, 0.4) is 0 Å². The predicted octanol–water partition coefficient (Wildman–Crippen LogP) is 1.97. The van der Waals surface area contributed by atoms with Crippen molar-refractivity contribution in [3.05, 3.63) is 23.8 Å². The van der Waals surface area contributed by atoms with Gasteiger partial charge in [-0.05, 0) is 43.9 Å². The summed E-state index contributed by atoms with van der Waals surface area (Å²) in [6.07, 6.45) is 3.44. The van der Waals surface area contributed by atoms with Crippen LogP contribution in [0, 0.1) is 6.92 Å². The van der Waals surface area contributed by atoms with Gasteiger partial charge in [0.25, 0.3) is 0 Å². The van der Waals surface area contributed by atoms with Gasteiger partial charge < -0.3 is 10.5 Å². The lowest BCUT2D eigenvalue weighted by atomic mass is 9.92. The molecule has 1 aliphatic rings. The first kappa shape index (κ1) is 18.2. The van der Waals surface area contributed by atoms with Crippen LogP contribution in [0.1, 0.15) is 31.2 Å². The molecule has 0 spiro atoms. The van der Waals surface area contributed by atoms with Crippen molar-refractivity contribution >= 4 is 22.4 Å². The summed E-state index contributed by atoms with van der Waals surface area (Å²) in [6.45, 7) is 1.86. The zero-order valence-corrected chi connectivity index (χ0v) is 14.0. The molecule has 0 aromatic heterocycles. The summed E-state index contributed by atoms with van der Waals surface area (Å²) in [7, 11) is -2.11. The van der Waals surface area contributed by atoms with Gasteiger partial charge in [0, 0.05) is 12.1 Å². The molecular formula is C14H23ClN2O3S. The lowest BCUT2D eigenvalue weighted by Crippen LogP contribution is -2.42. The molecule has 5 nitrogen and oxygen atoms in total. The van der Waals surface area contributed by atoms with Crippen molar-refractivity contribution in [2.75, 3.05) is 7.11 Å². The molecule has 0 amide bonds. The number of benzene rings is 1. The average molecular weight is 335 g/mol. The second-order valence-corrected chi connectivity index (χ2v) is 7.08. The third-order valence-corrected chi connectivity index (χ3v) is 5.19. The van der Waals surface area contributed by atoms with Crippen LogP contribution < -0.4 is 15.2 Å². The van der Waals surface area contributed by atoms with Crippen LogP contribution in [0.2, 0.25) is 0 Å². The summed E-state index contributed by atoms with van der Waals surface area (Å²) in [4.78, 5) is 0.194. The smallest absolute Gasteiger partial charge is 0.244 e. The van der Waals surface area contributed by atoms with E-state index >= 15 is 0 Å². The van der Waals surface area contributed by atoms with Gasteiger partial charge in [0.1, 0.15) is 10.6 Å². The molecule has 1 saturated carbocycles. The normalized spacial score (nSPS) is 22.4. The van der Waals surface area contributed by atoms with Gasteiger partial charge in [-0.25, -0.2) is 13.1 Å². The van der Waals surface area contributed by atoms with E-state index in [-0.39, 0.29) is 29.4 Å². The molecule has 7 heteroatoms. The SMILES string of the molecule is COc1ccc(C)cc1S(=O)(=O)NC1CCCC(N)C1.Cl. The van der Waals surface area contributed by atoms with Gasteiger partial charge in [0.05, 0.1) is 7.11 Å². The Labute approximate surface area is 132 Å². The first-order valence-corrected chi connectivity index (χ1v) is 8.33. The Hall–Kier alpha value is -0.820. The third-order valence-electron chi connectivity index (χ3n) is 3.65. The van der Waals surface area contributed by atoms with Crippen LogP contribution in [-0.4, -0.2) is 27.6 Å². The molecular weight excluding hydrogens is 312 g/mol. The van der Waals surface area contributed by atoms with Gasteiger partial charge in [-0.15, -0.1) is 12.4 Å². The number of halogens is 1. The Morgan fingerprint density at radius 1 is 1.33 bits per heavy atom. The Bertz CT molecular complexity index is 578. The first-order chi connectivity index (χ1) is 9.42. The molecule has 0 saturated heterocycles. The van der Waals surface area contributed by atoms with Crippen LogP contribution in [0.15, 0.2) is 23.1 Å². The van der Waals surface area contributed by atoms with E-state index in [1.165, 1.54) is 7.11 Å². The number of nitrogens with two attached hydrogens (primary N) is 1. The number of ether oxygens (including phenoxy) is 1. The molecule has 21 heavy (non-hydrogen) atoms. The maximum Gasteiger partial charge on any atom is 0.244 e. The number of rotatable bonds is 4. The van der Waals surface area contributed by atoms with Crippen molar-refractivity contribution in [3.63, 3.8) is 0 Å². The van der Waals surface area contributed by atoms with Gasteiger partial charge in [-0.1, -0.05) is 12.5 Å². The first-order valence-electron chi connectivity index (χ1n) is 6.85.